The Labute approximate surface area is 135 Å². The van der Waals surface area contributed by atoms with Crippen LogP contribution in [-0.4, -0.2) is 22.5 Å². The van der Waals surface area contributed by atoms with Gasteiger partial charge in [0.05, 0.1) is 6.61 Å². The molecule has 0 spiro atoms. The Morgan fingerprint density at radius 1 is 1.26 bits per heavy atom. The number of nitrogens with zero attached hydrogens (tertiary/aromatic N) is 2. The molecule has 0 atom stereocenters. The molecule has 0 radical (unpaired) electrons. The molecule has 1 aromatic heterocycles. The lowest BCUT2D eigenvalue weighted by Crippen LogP contribution is -2.10. The smallest absolute Gasteiger partial charge is 0.345 e. The molecule has 2 aromatic rings. The van der Waals surface area contributed by atoms with Gasteiger partial charge in [0.15, 0.2) is 5.82 Å². The van der Waals surface area contributed by atoms with Gasteiger partial charge in [-0.05, 0) is 43.9 Å². The van der Waals surface area contributed by atoms with Crippen LogP contribution in [0.5, 0.6) is 11.6 Å². The van der Waals surface area contributed by atoms with Crippen LogP contribution < -0.4 is 4.74 Å². The minimum Gasteiger partial charge on any atom is -0.462 e. The van der Waals surface area contributed by atoms with E-state index < -0.39 is 5.97 Å². The molecular formula is C18H18N2O3. The summed E-state index contributed by atoms with van der Waals surface area (Å²) in [7, 11) is 0. The summed E-state index contributed by atoms with van der Waals surface area (Å²) < 4.78 is 10.9. The van der Waals surface area contributed by atoms with E-state index >= 15 is 0 Å². The lowest BCUT2D eigenvalue weighted by atomic mass is 10.2. The summed E-state index contributed by atoms with van der Waals surface area (Å²) in [6.07, 6.45) is 6.70. The molecule has 0 fully saturated rings. The summed E-state index contributed by atoms with van der Waals surface area (Å²) in [4.78, 5) is 20.8. The lowest BCUT2D eigenvalue weighted by molar-refractivity contribution is 0.0522. The van der Waals surface area contributed by atoms with Gasteiger partial charge >= 0.3 is 5.97 Å². The van der Waals surface area contributed by atoms with Crippen LogP contribution in [-0.2, 0) is 4.74 Å². The van der Waals surface area contributed by atoms with E-state index in [-0.39, 0.29) is 18.1 Å². The molecule has 1 heterocycles. The predicted octanol–water partition coefficient (Wildman–Crippen LogP) is 4.01. The average Bonchev–Trinajstić information content (AvgIpc) is 3.10. The number of allylic oxidation sites excluding steroid dienone is 2. The summed E-state index contributed by atoms with van der Waals surface area (Å²) in [5.74, 6) is 0.974. The molecule has 0 unspecified atom stereocenters. The monoisotopic (exact) mass is 310 g/mol. The maximum Gasteiger partial charge on any atom is 0.345 e. The van der Waals surface area contributed by atoms with E-state index in [1.165, 1.54) is 6.20 Å². The first-order valence-electron chi connectivity index (χ1n) is 7.74. The molecule has 23 heavy (non-hydrogen) atoms. The van der Waals surface area contributed by atoms with Crippen LogP contribution in [0.4, 0.5) is 0 Å². The third-order valence-corrected chi connectivity index (χ3v) is 3.54. The maximum atomic E-state index is 12.1. The maximum absolute atomic E-state index is 12.1. The van der Waals surface area contributed by atoms with E-state index in [1.807, 2.05) is 30.3 Å². The highest BCUT2D eigenvalue weighted by molar-refractivity contribution is 5.91. The summed E-state index contributed by atoms with van der Waals surface area (Å²) >= 11 is 0. The Hall–Kier alpha value is -2.69. The molecule has 0 amide bonds. The van der Waals surface area contributed by atoms with Gasteiger partial charge in [0, 0.05) is 6.20 Å². The van der Waals surface area contributed by atoms with Crippen LogP contribution in [0.1, 0.15) is 42.4 Å². The van der Waals surface area contributed by atoms with Crippen LogP contribution in [0.2, 0.25) is 0 Å². The van der Waals surface area contributed by atoms with Crippen LogP contribution in [0.15, 0.2) is 42.6 Å². The highest BCUT2D eigenvalue weighted by Crippen LogP contribution is 2.29. The SMILES string of the molecule is CCOC(=O)c1cnc(C2=CCCC2)nc1Oc1ccccc1. The molecule has 1 aliphatic rings. The molecule has 0 bridgehead atoms. The van der Waals surface area contributed by atoms with E-state index in [0.29, 0.717) is 11.6 Å². The Kier molecular flexibility index (Phi) is 4.66. The third kappa shape index (κ3) is 3.56. The van der Waals surface area contributed by atoms with Crippen molar-refractivity contribution >= 4 is 11.5 Å². The number of benzene rings is 1. The number of hydrogen-bond acceptors (Lipinski definition) is 5. The standard InChI is InChI=1S/C18H18N2O3/c1-2-22-18(21)15-12-19-16(13-8-6-7-9-13)20-17(15)23-14-10-4-3-5-11-14/h3-5,8,10-12H,2,6-7,9H2,1H3. The summed E-state index contributed by atoms with van der Waals surface area (Å²) in [5, 5.41) is 0. The van der Waals surface area contributed by atoms with Crippen molar-refractivity contribution in [3.63, 3.8) is 0 Å². The van der Waals surface area contributed by atoms with Crippen molar-refractivity contribution in [1.82, 2.24) is 9.97 Å². The number of carbonyl (C=O) groups excluding carboxylic acids is 1. The molecule has 5 heteroatoms. The Balaban J connectivity index is 1.97. The second-order valence-electron chi connectivity index (χ2n) is 5.17. The second-order valence-corrected chi connectivity index (χ2v) is 5.17. The minimum absolute atomic E-state index is 0.229. The zero-order valence-corrected chi connectivity index (χ0v) is 13.0. The van der Waals surface area contributed by atoms with Gasteiger partial charge in [0.25, 0.3) is 0 Å². The van der Waals surface area contributed by atoms with Gasteiger partial charge in [-0.3, -0.25) is 0 Å². The molecular weight excluding hydrogens is 292 g/mol. The van der Waals surface area contributed by atoms with Gasteiger partial charge in [-0.15, -0.1) is 0 Å². The Morgan fingerprint density at radius 3 is 2.78 bits per heavy atom. The lowest BCUT2D eigenvalue weighted by Gasteiger charge is -2.11. The van der Waals surface area contributed by atoms with Crippen molar-refractivity contribution in [2.75, 3.05) is 6.61 Å². The van der Waals surface area contributed by atoms with Gasteiger partial charge in [-0.1, -0.05) is 24.3 Å². The highest BCUT2D eigenvalue weighted by atomic mass is 16.5. The molecule has 118 valence electrons. The minimum atomic E-state index is -0.481. The molecule has 1 aromatic carbocycles. The van der Waals surface area contributed by atoms with E-state index in [2.05, 4.69) is 16.0 Å². The molecule has 0 saturated carbocycles. The van der Waals surface area contributed by atoms with Gasteiger partial charge in [-0.25, -0.2) is 9.78 Å². The largest absolute Gasteiger partial charge is 0.462 e. The Morgan fingerprint density at radius 2 is 2.09 bits per heavy atom. The van der Waals surface area contributed by atoms with Crippen molar-refractivity contribution in [3.05, 3.63) is 54.0 Å². The number of para-hydroxylation sites is 1. The number of aromatic nitrogens is 2. The fourth-order valence-electron chi connectivity index (χ4n) is 2.42. The fraction of sp³-hybridized carbons (Fsp3) is 0.278. The van der Waals surface area contributed by atoms with Crippen molar-refractivity contribution in [2.24, 2.45) is 0 Å². The highest BCUT2D eigenvalue weighted by Gasteiger charge is 2.20. The number of carbonyl (C=O) groups is 1. The number of ether oxygens (including phenoxy) is 2. The second kappa shape index (κ2) is 7.05. The zero-order chi connectivity index (χ0) is 16.1. The van der Waals surface area contributed by atoms with Gasteiger partial charge in [0.2, 0.25) is 5.88 Å². The summed E-state index contributed by atoms with van der Waals surface area (Å²) in [6.45, 7) is 2.05. The first-order valence-corrected chi connectivity index (χ1v) is 7.74. The van der Waals surface area contributed by atoms with Crippen LogP contribution >= 0.6 is 0 Å². The normalized spacial score (nSPS) is 13.5. The van der Waals surface area contributed by atoms with E-state index in [9.17, 15) is 4.79 Å². The van der Waals surface area contributed by atoms with E-state index in [4.69, 9.17) is 9.47 Å². The quantitative estimate of drug-likeness (QED) is 0.781. The van der Waals surface area contributed by atoms with Crippen LogP contribution in [0, 0.1) is 0 Å². The molecule has 0 N–H and O–H groups in total. The molecule has 0 aliphatic heterocycles. The average molecular weight is 310 g/mol. The van der Waals surface area contributed by atoms with Gasteiger partial charge < -0.3 is 9.47 Å². The van der Waals surface area contributed by atoms with Crippen LogP contribution in [0.25, 0.3) is 5.57 Å². The number of hydrogen-bond donors (Lipinski definition) is 0. The van der Waals surface area contributed by atoms with Gasteiger partial charge in [0.1, 0.15) is 11.3 Å². The van der Waals surface area contributed by atoms with Crippen molar-refractivity contribution < 1.29 is 14.3 Å². The summed E-state index contributed by atoms with van der Waals surface area (Å²) in [5.41, 5.74) is 1.33. The van der Waals surface area contributed by atoms with E-state index in [1.54, 1.807) is 6.92 Å². The first kappa shape index (κ1) is 15.2. The van der Waals surface area contributed by atoms with Crippen molar-refractivity contribution in [2.45, 2.75) is 26.2 Å². The van der Waals surface area contributed by atoms with E-state index in [0.717, 1.165) is 24.8 Å². The first-order chi connectivity index (χ1) is 11.3. The predicted molar refractivity (Wildman–Crippen MR) is 86.3 cm³/mol. The van der Waals surface area contributed by atoms with Gasteiger partial charge in [-0.2, -0.15) is 4.98 Å². The number of esters is 1. The molecule has 1 aliphatic carbocycles. The Bertz CT molecular complexity index is 726. The molecule has 5 nitrogen and oxygen atoms in total. The van der Waals surface area contributed by atoms with Crippen LogP contribution in [0.3, 0.4) is 0 Å². The topological polar surface area (TPSA) is 61.3 Å². The van der Waals surface area contributed by atoms with Crippen molar-refractivity contribution in [3.8, 4) is 11.6 Å². The number of rotatable bonds is 5. The third-order valence-electron chi connectivity index (χ3n) is 3.54. The fourth-order valence-corrected chi connectivity index (χ4v) is 2.42. The summed E-state index contributed by atoms with van der Waals surface area (Å²) in [6, 6.07) is 9.24. The molecule has 3 rings (SSSR count). The molecule has 0 saturated heterocycles. The van der Waals surface area contributed by atoms with Crippen molar-refractivity contribution in [1.29, 1.82) is 0 Å². The zero-order valence-electron chi connectivity index (χ0n) is 13.0.